The molecule has 0 saturated heterocycles. The van der Waals surface area contributed by atoms with Gasteiger partial charge in [-0.3, -0.25) is 0 Å². The maximum absolute atomic E-state index is 14.8. The van der Waals surface area contributed by atoms with Crippen molar-refractivity contribution in [2.75, 3.05) is 0 Å². The molecule has 0 amide bonds. The van der Waals surface area contributed by atoms with Gasteiger partial charge in [-0.15, -0.1) is 6.58 Å². The third-order valence-corrected chi connectivity index (χ3v) is 4.92. The molecule has 0 nitrogen and oxygen atoms in total. The van der Waals surface area contributed by atoms with E-state index >= 15 is 0 Å². The fourth-order valence-corrected chi connectivity index (χ4v) is 3.35. The monoisotopic (exact) mass is 380 g/mol. The van der Waals surface area contributed by atoms with Gasteiger partial charge in [-0.2, -0.15) is 0 Å². The maximum atomic E-state index is 14.8. The first kappa shape index (κ1) is 19.9. The Hall–Kier alpha value is -2.81. The molecule has 0 aromatic heterocycles. The number of benzene rings is 3. The molecule has 0 heterocycles. The number of allylic oxidation sites excluding steroid dienone is 3. The number of aryl methyl sites for hydroxylation is 2. The summed E-state index contributed by atoms with van der Waals surface area (Å²) in [5.74, 6) is -2.82. The van der Waals surface area contributed by atoms with Crippen molar-refractivity contribution < 1.29 is 13.2 Å². The van der Waals surface area contributed by atoms with E-state index in [2.05, 4.69) is 6.58 Å². The summed E-state index contributed by atoms with van der Waals surface area (Å²) in [4.78, 5) is 0. The molecule has 144 valence electrons. The Morgan fingerprint density at radius 2 is 1.61 bits per heavy atom. The van der Waals surface area contributed by atoms with Gasteiger partial charge < -0.3 is 0 Å². The fraction of sp³-hybridized carbons (Fsp3) is 0.200. The molecule has 3 heteroatoms. The van der Waals surface area contributed by atoms with Crippen molar-refractivity contribution in [3.05, 3.63) is 95.9 Å². The van der Waals surface area contributed by atoms with Crippen LogP contribution in [0.4, 0.5) is 13.2 Å². The largest absolute Gasteiger partial charge is 0.206 e. The second-order valence-electron chi connectivity index (χ2n) is 6.82. The average Bonchev–Trinajstić information content (AvgIpc) is 2.71. The molecule has 0 bridgehead atoms. The zero-order valence-corrected chi connectivity index (χ0v) is 15.9. The maximum Gasteiger partial charge on any atom is 0.170 e. The van der Waals surface area contributed by atoms with Crippen molar-refractivity contribution in [2.24, 2.45) is 0 Å². The standard InChI is InChI=1S/C25H23F3/c1-3-5-7-9-19-14-15-20-16-21(24(27)25(28)22(20)23(19)26)18-12-10-17(11-13-18)8-6-4-2/h3-5,10-16H,2,6-9H2,1H3/b5-3+. The molecule has 3 aromatic carbocycles. The Labute approximate surface area is 164 Å². The van der Waals surface area contributed by atoms with Gasteiger partial charge in [0.05, 0.1) is 5.39 Å². The molecule has 0 radical (unpaired) electrons. The van der Waals surface area contributed by atoms with Crippen LogP contribution in [0.25, 0.3) is 21.9 Å². The Bertz CT molecular complexity index is 1010. The molecule has 3 aromatic rings. The second kappa shape index (κ2) is 8.92. The Morgan fingerprint density at radius 3 is 2.29 bits per heavy atom. The van der Waals surface area contributed by atoms with Gasteiger partial charge in [-0.05, 0) is 60.7 Å². The molecule has 0 atom stereocenters. The average molecular weight is 380 g/mol. The molecule has 0 fully saturated rings. The Kier molecular flexibility index (Phi) is 6.35. The van der Waals surface area contributed by atoms with Crippen molar-refractivity contribution in [3.8, 4) is 11.1 Å². The van der Waals surface area contributed by atoms with Gasteiger partial charge in [-0.25, -0.2) is 13.2 Å². The summed E-state index contributed by atoms with van der Waals surface area (Å²) in [5, 5.41) is 0.0822. The minimum Gasteiger partial charge on any atom is -0.206 e. The molecule has 0 saturated carbocycles. The zero-order chi connectivity index (χ0) is 20.1. The van der Waals surface area contributed by atoms with E-state index < -0.39 is 17.5 Å². The predicted octanol–water partition coefficient (Wildman–Crippen LogP) is 7.55. The fourth-order valence-electron chi connectivity index (χ4n) is 3.35. The smallest absolute Gasteiger partial charge is 0.170 e. The molecule has 0 aliphatic carbocycles. The summed E-state index contributed by atoms with van der Waals surface area (Å²) in [6.07, 6.45) is 8.44. The number of halogens is 3. The highest BCUT2D eigenvalue weighted by molar-refractivity contribution is 5.89. The van der Waals surface area contributed by atoms with Gasteiger partial charge in [0.25, 0.3) is 0 Å². The second-order valence-corrected chi connectivity index (χ2v) is 6.82. The highest BCUT2D eigenvalue weighted by Crippen LogP contribution is 2.33. The highest BCUT2D eigenvalue weighted by Gasteiger charge is 2.19. The Balaban J connectivity index is 2.02. The van der Waals surface area contributed by atoms with E-state index in [4.69, 9.17) is 0 Å². The van der Waals surface area contributed by atoms with Gasteiger partial charge in [-0.1, -0.05) is 54.6 Å². The molecule has 0 unspecified atom stereocenters. The third-order valence-electron chi connectivity index (χ3n) is 4.92. The van der Waals surface area contributed by atoms with E-state index in [1.807, 2.05) is 37.3 Å². The highest BCUT2D eigenvalue weighted by atomic mass is 19.2. The lowest BCUT2D eigenvalue weighted by molar-refractivity contribution is 0.513. The van der Waals surface area contributed by atoms with Crippen LogP contribution < -0.4 is 0 Å². The quantitative estimate of drug-likeness (QED) is 0.371. The molecule has 0 aliphatic heterocycles. The van der Waals surface area contributed by atoms with Crippen LogP contribution in [0.15, 0.2) is 67.3 Å². The van der Waals surface area contributed by atoms with Crippen LogP contribution in [0.3, 0.4) is 0 Å². The summed E-state index contributed by atoms with van der Waals surface area (Å²) in [5.41, 5.74) is 2.20. The van der Waals surface area contributed by atoms with Gasteiger partial charge in [0.1, 0.15) is 5.82 Å². The van der Waals surface area contributed by atoms with E-state index in [1.165, 1.54) is 6.07 Å². The lowest BCUT2D eigenvalue weighted by Gasteiger charge is -2.11. The first-order valence-electron chi connectivity index (χ1n) is 9.47. The number of rotatable bonds is 7. The topological polar surface area (TPSA) is 0 Å². The van der Waals surface area contributed by atoms with Crippen LogP contribution in [0.5, 0.6) is 0 Å². The lowest BCUT2D eigenvalue weighted by atomic mass is 9.96. The van der Waals surface area contributed by atoms with Crippen LogP contribution in [-0.4, -0.2) is 0 Å². The number of hydrogen-bond acceptors (Lipinski definition) is 0. The van der Waals surface area contributed by atoms with Crippen LogP contribution in [0.1, 0.15) is 30.9 Å². The van der Waals surface area contributed by atoms with E-state index in [0.29, 0.717) is 29.4 Å². The van der Waals surface area contributed by atoms with Gasteiger partial charge in [0, 0.05) is 5.56 Å². The van der Waals surface area contributed by atoms with Crippen LogP contribution >= 0.6 is 0 Å². The van der Waals surface area contributed by atoms with Gasteiger partial charge in [0.2, 0.25) is 0 Å². The summed E-state index contributed by atoms with van der Waals surface area (Å²) in [6.45, 7) is 5.59. The third kappa shape index (κ3) is 4.04. The number of hydrogen-bond donors (Lipinski definition) is 0. The van der Waals surface area contributed by atoms with Gasteiger partial charge >= 0.3 is 0 Å². The van der Waals surface area contributed by atoms with E-state index in [-0.39, 0.29) is 10.9 Å². The first-order chi connectivity index (χ1) is 13.6. The normalized spacial score (nSPS) is 11.4. The molecule has 0 aliphatic rings. The summed E-state index contributed by atoms with van der Waals surface area (Å²) < 4.78 is 44.4. The van der Waals surface area contributed by atoms with E-state index in [1.54, 1.807) is 24.3 Å². The predicted molar refractivity (Wildman–Crippen MR) is 111 cm³/mol. The molecular formula is C25H23F3. The molecular weight excluding hydrogens is 357 g/mol. The molecule has 3 rings (SSSR count). The van der Waals surface area contributed by atoms with E-state index in [9.17, 15) is 13.2 Å². The van der Waals surface area contributed by atoms with Crippen LogP contribution in [0, 0.1) is 17.5 Å². The summed E-state index contributed by atoms with van der Waals surface area (Å²) in [6, 6.07) is 12.2. The molecule has 0 spiro atoms. The van der Waals surface area contributed by atoms with Crippen molar-refractivity contribution in [3.63, 3.8) is 0 Å². The first-order valence-corrected chi connectivity index (χ1v) is 9.47. The van der Waals surface area contributed by atoms with Gasteiger partial charge in [0.15, 0.2) is 11.6 Å². The summed E-state index contributed by atoms with van der Waals surface area (Å²) in [7, 11) is 0. The zero-order valence-electron chi connectivity index (χ0n) is 15.9. The van der Waals surface area contributed by atoms with Crippen LogP contribution in [-0.2, 0) is 12.8 Å². The number of fused-ring (bicyclic) bond motifs is 1. The van der Waals surface area contributed by atoms with Crippen LogP contribution in [0.2, 0.25) is 0 Å². The van der Waals surface area contributed by atoms with Crippen molar-refractivity contribution in [2.45, 2.75) is 32.6 Å². The van der Waals surface area contributed by atoms with Crippen molar-refractivity contribution >= 4 is 10.8 Å². The Morgan fingerprint density at radius 1 is 0.857 bits per heavy atom. The van der Waals surface area contributed by atoms with Crippen molar-refractivity contribution in [1.29, 1.82) is 0 Å². The minimum atomic E-state index is -1.13. The lowest BCUT2D eigenvalue weighted by Crippen LogP contribution is -1.98. The molecule has 28 heavy (non-hydrogen) atoms. The molecule has 0 N–H and O–H groups in total. The summed E-state index contributed by atoms with van der Waals surface area (Å²) >= 11 is 0. The SMILES string of the molecule is C=CCCc1ccc(-c2cc3ccc(CC/C=C/C)c(F)c3c(F)c2F)cc1. The van der Waals surface area contributed by atoms with Crippen molar-refractivity contribution in [1.82, 2.24) is 0 Å². The minimum absolute atomic E-state index is 0.140. The van der Waals surface area contributed by atoms with E-state index in [0.717, 1.165) is 18.4 Å².